The number of nitrogens with zero attached hydrogens (tertiary/aromatic N) is 4. The highest BCUT2D eigenvalue weighted by Gasteiger charge is 2.32. The fourth-order valence-electron chi connectivity index (χ4n) is 2.89. The van der Waals surface area contributed by atoms with Crippen LogP contribution in [0.1, 0.15) is 24.1 Å². The lowest BCUT2D eigenvalue weighted by Crippen LogP contribution is -2.47. The number of likely N-dealkylation sites (N-methyl/N-ethyl adjacent to an activating group) is 1. The van der Waals surface area contributed by atoms with Crippen LogP contribution in [0.2, 0.25) is 0 Å². The number of anilines is 1. The van der Waals surface area contributed by atoms with Crippen LogP contribution in [0.5, 0.6) is 0 Å². The predicted octanol–water partition coefficient (Wildman–Crippen LogP) is 1.20. The Morgan fingerprint density at radius 1 is 1.30 bits per heavy atom. The lowest BCUT2D eigenvalue weighted by Gasteiger charge is -2.30. The fourth-order valence-corrected chi connectivity index (χ4v) is 2.89. The van der Waals surface area contributed by atoms with Crippen LogP contribution in [-0.4, -0.2) is 45.9 Å². The Morgan fingerprint density at radius 2 is 2.04 bits per heavy atom. The zero-order valence-electron chi connectivity index (χ0n) is 15.4. The summed E-state index contributed by atoms with van der Waals surface area (Å²) < 4.78 is 0. The van der Waals surface area contributed by atoms with Gasteiger partial charge < -0.3 is 20.9 Å². The van der Waals surface area contributed by atoms with Gasteiger partial charge in [-0.3, -0.25) is 9.78 Å². The summed E-state index contributed by atoms with van der Waals surface area (Å²) in [5.41, 5.74) is 2.53. The summed E-state index contributed by atoms with van der Waals surface area (Å²) in [6.45, 7) is 2.06. The van der Waals surface area contributed by atoms with Gasteiger partial charge in [0.25, 0.3) is 5.91 Å². The molecule has 9 heteroatoms. The van der Waals surface area contributed by atoms with E-state index in [-0.39, 0.29) is 11.9 Å². The largest absolute Gasteiger partial charge is 0.357 e. The van der Waals surface area contributed by atoms with Gasteiger partial charge >= 0.3 is 6.03 Å². The van der Waals surface area contributed by atoms with Crippen LogP contribution >= 0.6 is 0 Å². The molecule has 1 atom stereocenters. The number of hydrogen-bond donors (Lipinski definition) is 3. The standard InChI is InChI=1S/C18H21N7O2/c1-11-14(15(24-18(27)23-11)13-5-4-6-20-9-13)16(26)25(3)10-12-7-21-17(19-2)22-8-12/h4-9,15H,10H2,1-3H3,(H,19,21,22)(H2,23,24,27). The van der Waals surface area contributed by atoms with Crippen molar-refractivity contribution in [3.8, 4) is 0 Å². The fraction of sp³-hybridized carbons (Fsp3) is 0.278. The van der Waals surface area contributed by atoms with Crippen molar-refractivity contribution in [3.63, 3.8) is 0 Å². The molecule has 1 aliphatic heterocycles. The zero-order chi connectivity index (χ0) is 19.4. The molecule has 0 radical (unpaired) electrons. The topological polar surface area (TPSA) is 112 Å². The van der Waals surface area contributed by atoms with Gasteiger partial charge in [0.2, 0.25) is 5.95 Å². The third-order valence-electron chi connectivity index (χ3n) is 4.21. The van der Waals surface area contributed by atoms with E-state index in [4.69, 9.17) is 0 Å². The Morgan fingerprint density at radius 3 is 2.67 bits per heavy atom. The van der Waals surface area contributed by atoms with E-state index in [0.717, 1.165) is 11.1 Å². The quantitative estimate of drug-likeness (QED) is 0.732. The number of carbonyl (C=O) groups is 2. The smallest absolute Gasteiger partial charge is 0.319 e. The monoisotopic (exact) mass is 367 g/mol. The third-order valence-corrected chi connectivity index (χ3v) is 4.21. The lowest BCUT2D eigenvalue weighted by molar-refractivity contribution is -0.126. The summed E-state index contributed by atoms with van der Waals surface area (Å²) in [5.74, 6) is 0.314. The molecule has 0 spiro atoms. The highest BCUT2D eigenvalue weighted by atomic mass is 16.2. The number of amides is 3. The summed E-state index contributed by atoms with van der Waals surface area (Å²) in [5, 5.41) is 8.32. The maximum absolute atomic E-state index is 13.1. The second-order valence-electron chi connectivity index (χ2n) is 6.18. The van der Waals surface area contributed by atoms with E-state index in [1.165, 1.54) is 0 Å². The Balaban J connectivity index is 1.85. The van der Waals surface area contributed by atoms with Crippen molar-refractivity contribution < 1.29 is 9.59 Å². The first-order valence-electron chi connectivity index (χ1n) is 8.42. The Bertz CT molecular complexity index is 865. The van der Waals surface area contributed by atoms with Crippen LogP contribution < -0.4 is 16.0 Å². The first kappa shape index (κ1) is 18.3. The first-order chi connectivity index (χ1) is 13.0. The molecule has 140 valence electrons. The van der Waals surface area contributed by atoms with Crippen molar-refractivity contribution in [1.29, 1.82) is 0 Å². The van der Waals surface area contributed by atoms with Gasteiger partial charge in [-0.2, -0.15) is 0 Å². The molecule has 3 rings (SSSR count). The molecule has 0 aliphatic carbocycles. The van der Waals surface area contributed by atoms with Crippen molar-refractivity contribution in [3.05, 3.63) is 59.3 Å². The van der Waals surface area contributed by atoms with E-state index >= 15 is 0 Å². The van der Waals surface area contributed by atoms with Crippen LogP contribution in [-0.2, 0) is 11.3 Å². The van der Waals surface area contributed by atoms with Gasteiger partial charge in [-0.05, 0) is 18.6 Å². The third kappa shape index (κ3) is 4.02. The van der Waals surface area contributed by atoms with Gasteiger partial charge in [-0.15, -0.1) is 0 Å². The minimum absolute atomic E-state index is 0.202. The van der Waals surface area contributed by atoms with E-state index in [0.29, 0.717) is 23.8 Å². The number of aromatic nitrogens is 3. The number of rotatable bonds is 5. The van der Waals surface area contributed by atoms with Crippen molar-refractivity contribution >= 4 is 17.9 Å². The highest BCUT2D eigenvalue weighted by molar-refractivity contribution is 5.98. The van der Waals surface area contributed by atoms with E-state index in [1.54, 1.807) is 56.8 Å². The van der Waals surface area contributed by atoms with Gasteiger partial charge in [0.05, 0.1) is 11.6 Å². The Kier molecular flexibility index (Phi) is 5.30. The number of hydrogen-bond acceptors (Lipinski definition) is 6. The van der Waals surface area contributed by atoms with Gasteiger partial charge in [0.1, 0.15) is 0 Å². The molecule has 2 aromatic rings. The number of allylic oxidation sites excluding steroid dienone is 1. The second kappa shape index (κ2) is 7.81. The number of nitrogens with one attached hydrogen (secondary N) is 3. The van der Waals surface area contributed by atoms with Crippen molar-refractivity contribution in [1.82, 2.24) is 30.5 Å². The molecule has 9 nitrogen and oxygen atoms in total. The average molecular weight is 367 g/mol. The second-order valence-corrected chi connectivity index (χ2v) is 6.18. The molecule has 1 unspecified atom stereocenters. The molecule has 3 N–H and O–H groups in total. The SMILES string of the molecule is CNc1ncc(CN(C)C(=O)C2=C(C)NC(=O)NC2c2cccnc2)cn1. The van der Waals surface area contributed by atoms with Crippen molar-refractivity contribution in [2.24, 2.45) is 0 Å². The normalized spacial score (nSPS) is 16.4. The van der Waals surface area contributed by atoms with Crippen molar-refractivity contribution in [2.75, 3.05) is 19.4 Å². The summed E-state index contributed by atoms with van der Waals surface area (Å²) in [4.78, 5) is 39.0. The van der Waals surface area contributed by atoms with Crippen LogP contribution in [0, 0.1) is 0 Å². The molecule has 0 saturated heterocycles. The Labute approximate surface area is 156 Å². The van der Waals surface area contributed by atoms with Gasteiger partial charge in [0, 0.05) is 56.7 Å². The van der Waals surface area contributed by atoms with Gasteiger partial charge in [-0.1, -0.05) is 6.07 Å². The van der Waals surface area contributed by atoms with E-state index in [2.05, 4.69) is 30.9 Å². The van der Waals surface area contributed by atoms with E-state index in [9.17, 15) is 9.59 Å². The molecule has 3 heterocycles. The van der Waals surface area contributed by atoms with E-state index < -0.39 is 6.04 Å². The molecule has 0 bridgehead atoms. The van der Waals surface area contributed by atoms with Gasteiger partial charge in [0.15, 0.2) is 0 Å². The summed E-state index contributed by atoms with van der Waals surface area (Å²) in [6, 6.07) is 2.68. The number of pyridine rings is 1. The summed E-state index contributed by atoms with van der Waals surface area (Å²) >= 11 is 0. The molecule has 1 aliphatic rings. The van der Waals surface area contributed by atoms with Crippen LogP contribution in [0.4, 0.5) is 10.7 Å². The summed E-state index contributed by atoms with van der Waals surface area (Å²) in [6.07, 6.45) is 6.62. The first-order valence-corrected chi connectivity index (χ1v) is 8.42. The van der Waals surface area contributed by atoms with Crippen LogP contribution in [0.15, 0.2) is 48.2 Å². The highest BCUT2D eigenvalue weighted by Crippen LogP contribution is 2.27. The van der Waals surface area contributed by atoms with E-state index in [1.807, 2.05) is 6.07 Å². The van der Waals surface area contributed by atoms with Gasteiger partial charge in [-0.25, -0.2) is 14.8 Å². The Hall–Kier alpha value is -3.49. The molecular formula is C18H21N7O2. The molecule has 3 amide bonds. The molecular weight excluding hydrogens is 346 g/mol. The minimum Gasteiger partial charge on any atom is -0.357 e. The van der Waals surface area contributed by atoms with Crippen LogP contribution in [0.25, 0.3) is 0 Å². The molecule has 27 heavy (non-hydrogen) atoms. The molecule has 2 aromatic heterocycles. The number of carbonyl (C=O) groups excluding carboxylic acids is 2. The average Bonchev–Trinajstić information content (AvgIpc) is 2.68. The minimum atomic E-state index is -0.565. The number of urea groups is 1. The molecule has 0 saturated carbocycles. The predicted molar refractivity (Wildman–Crippen MR) is 99.4 cm³/mol. The zero-order valence-corrected chi connectivity index (χ0v) is 15.4. The van der Waals surface area contributed by atoms with Crippen LogP contribution in [0.3, 0.4) is 0 Å². The maximum Gasteiger partial charge on any atom is 0.319 e. The van der Waals surface area contributed by atoms with Crippen molar-refractivity contribution in [2.45, 2.75) is 19.5 Å². The lowest BCUT2D eigenvalue weighted by atomic mass is 9.95. The summed E-state index contributed by atoms with van der Waals surface area (Å²) in [7, 11) is 3.44. The maximum atomic E-state index is 13.1. The molecule has 0 aromatic carbocycles. The molecule has 0 fully saturated rings.